The molecular formula is C17H20N2O3S. The molecule has 0 saturated heterocycles. The number of nitrogens with zero attached hydrogens (tertiary/aromatic N) is 1. The van der Waals surface area contributed by atoms with Gasteiger partial charge in [-0.1, -0.05) is 25.1 Å². The van der Waals surface area contributed by atoms with Crippen LogP contribution in [-0.4, -0.2) is 28.5 Å². The molecule has 0 aliphatic carbocycles. The summed E-state index contributed by atoms with van der Waals surface area (Å²) in [4.78, 5) is 27.4. The maximum Gasteiger partial charge on any atom is 0.335 e. The Morgan fingerprint density at radius 3 is 2.74 bits per heavy atom. The Morgan fingerprint density at radius 2 is 2.04 bits per heavy atom. The molecule has 0 atom stereocenters. The average molecular weight is 332 g/mol. The van der Waals surface area contributed by atoms with E-state index in [1.54, 1.807) is 35.6 Å². The monoisotopic (exact) mass is 332 g/mol. The number of hydrogen-bond acceptors (Lipinski definition) is 4. The number of aromatic nitrogens is 1. The van der Waals surface area contributed by atoms with Gasteiger partial charge in [-0.15, -0.1) is 11.3 Å². The molecule has 0 unspecified atom stereocenters. The van der Waals surface area contributed by atoms with Crippen molar-refractivity contribution in [1.29, 1.82) is 0 Å². The summed E-state index contributed by atoms with van der Waals surface area (Å²) in [5, 5.41) is 15.1. The molecule has 0 bridgehead atoms. The second kappa shape index (κ2) is 8.43. The number of thiazole rings is 1. The van der Waals surface area contributed by atoms with Gasteiger partial charge >= 0.3 is 5.97 Å². The van der Waals surface area contributed by atoms with Gasteiger partial charge in [0, 0.05) is 24.8 Å². The Morgan fingerprint density at radius 1 is 1.26 bits per heavy atom. The zero-order valence-corrected chi connectivity index (χ0v) is 13.9. The minimum absolute atomic E-state index is 0.0730. The van der Waals surface area contributed by atoms with Crippen LogP contribution in [0.5, 0.6) is 0 Å². The van der Waals surface area contributed by atoms with E-state index in [1.807, 2.05) is 5.38 Å². The van der Waals surface area contributed by atoms with Crippen molar-refractivity contribution in [2.75, 3.05) is 6.54 Å². The molecule has 2 N–H and O–H groups in total. The van der Waals surface area contributed by atoms with E-state index >= 15 is 0 Å². The maximum absolute atomic E-state index is 11.9. The Kier molecular flexibility index (Phi) is 6.29. The molecule has 0 radical (unpaired) electrons. The van der Waals surface area contributed by atoms with E-state index in [9.17, 15) is 9.59 Å². The summed E-state index contributed by atoms with van der Waals surface area (Å²) in [6.07, 6.45) is 2.35. The molecule has 1 heterocycles. The van der Waals surface area contributed by atoms with Crippen molar-refractivity contribution in [2.24, 2.45) is 0 Å². The van der Waals surface area contributed by atoms with Crippen molar-refractivity contribution < 1.29 is 14.7 Å². The van der Waals surface area contributed by atoms with E-state index < -0.39 is 5.97 Å². The highest BCUT2D eigenvalue weighted by atomic mass is 32.1. The van der Waals surface area contributed by atoms with Crippen LogP contribution >= 0.6 is 11.3 Å². The molecule has 0 fully saturated rings. The van der Waals surface area contributed by atoms with Crippen molar-refractivity contribution >= 4 is 23.2 Å². The Labute approximate surface area is 139 Å². The van der Waals surface area contributed by atoms with E-state index in [1.165, 1.54) is 0 Å². The van der Waals surface area contributed by atoms with Gasteiger partial charge in [-0.3, -0.25) is 4.79 Å². The molecule has 5 nitrogen and oxygen atoms in total. The number of amides is 1. The van der Waals surface area contributed by atoms with Gasteiger partial charge < -0.3 is 10.4 Å². The van der Waals surface area contributed by atoms with Crippen molar-refractivity contribution in [2.45, 2.75) is 32.6 Å². The zero-order chi connectivity index (χ0) is 16.7. The fraction of sp³-hybridized carbons (Fsp3) is 0.353. The third kappa shape index (κ3) is 5.17. The van der Waals surface area contributed by atoms with Gasteiger partial charge in [0.25, 0.3) is 0 Å². The van der Waals surface area contributed by atoms with Gasteiger partial charge in [-0.25, -0.2) is 9.78 Å². The molecule has 23 heavy (non-hydrogen) atoms. The first-order valence-corrected chi connectivity index (χ1v) is 8.49. The van der Waals surface area contributed by atoms with Gasteiger partial charge in [-0.2, -0.15) is 0 Å². The topological polar surface area (TPSA) is 79.3 Å². The number of carboxylic acids is 1. The van der Waals surface area contributed by atoms with E-state index in [-0.39, 0.29) is 17.9 Å². The largest absolute Gasteiger partial charge is 0.478 e. The number of carbonyl (C=O) groups is 2. The second-order valence-corrected chi connectivity index (χ2v) is 6.09. The Balaban J connectivity index is 1.76. The lowest BCUT2D eigenvalue weighted by Crippen LogP contribution is -2.26. The number of hydrogen-bond donors (Lipinski definition) is 2. The first-order chi connectivity index (χ1) is 11.1. The fourth-order valence-corrected chi connectivity index (χ4v) is 3.02. The van der Waals surface area contributed by atoms with Gasteiger partial charge in [0.15, 0.2) is 0 Å². The minimum Gasteiger partial charge on any atom is -0.478 e. The number of rotatable bonds is 8. The summed E-state index contributed by atoms with van der Waals surface area (Å²) in [5.41, 5.74) is 1.94. The lowest BCUT2D eigenvalue weighted by atomic mass is 10.0. The van der Waals surface area contributed by atoms with Gasteiger partial charge in [0.1, 0.15) is 0 Å². The standard InChI is InChI=1S/C17H20N2O3S/c1-2-16-19-13(11-23-16)9-10-18-15(20)8-7-12-5-3-4-6-14(12)17(21)22/h3-6,11H,2,7-10H2,1H3,(H,18,20)(H,21,22). The fourth-order valence-electron chi connectivity index (χ4n) is 2.24. The molecule has 0 saturated carbocycles. The highest BCUT2D eigenvalue weighted by Gasteiger charge is 2.10. The normalized spacial score (nSPS) is 10.5. The van der Waals surface area contributed by atoms with E-state index in [0.717, 1.165) is 17.1 Å². The van der Waals surface area contributed by atoms with Crippen LogP contribution in [0.15, 0.2) is 29.6 Å². The summed E-state index contributed by atoms with van der Waals surface area (Å²) in [5.74, 6) is -1.03. The molecule has 122 valence electrons. The zero-order valence-electron chi connectivity index (χ0n) is 13.0. The van der Waals surface area contributed by atoms with Crippen LogP contribution < -0.4 is 5.32 Å². The Bertz CT molecular complexity index is 682. The van der Waals surface area contributed by atoms with Crippen LogP contribution in [0, 0.1) is 0 Å². The third-order valence-corrected chi connectivity index (χ3v) is 4.52. The average Bonchev–Trinajstić information content (AvgIpc) is 3.01. The minimum atomic E-state index is -0.962. The highest BCUT2D eigenvalue weighted by Crippen LogP contribution is 2.12. The van der Waals surface area contributed by atoms with E-state index in [4.69, 9.17) is 5.11 Å². The molecule has 6 heteroatoms. The van der Waals surface area contributed by atoms with Gasteiger partial charge in [0.05, 0.1) is 16.3 Å². The van der Waals surface area contributed by atoms with Crippen LogP contribution in [0.3, 0.4) is 0 Å². The number of benzene rings is 1. The molecule has 0 aliphatic heterocycles. The summed E-state index contributed by atoms with van der Waals surface area (Å²) >= 11 is 1.64. The number of carboxylic acid groups (broad SMARTS) is 1. The molecule has 0 spiro atoms. The van der Waals surface area contributed by atoms with E-state index in [0.29, 0.717) is 24.9 Å². The second-order valence-electron chi connectivity index (χ2n) is 5.15. The summed E-state index contributed by atoms with van der Waals surface area (Å²) < 4.78 is 0. The molecule has 2 aromatic rings. The molecule has 1 amide bonds. The lowest BCUT2D eigenvalue weighted by Gasteiger charge is -2.06. The van der Waals surface area contributed by atoms with Crippen molar-refractivity contribution in [3.63, 3.8) is 0 Å². The first kappa shape index (κ1) is 17.1. The van der Waals surface area contributed by atoms with Crippen molar-refractivity contribution in [3.8, 4) is 0 Å². The van der Waals surface area contributed by atoms with Crippen LogP contribution in [0.25, 0.3) is 0 Å². The number of carbonyl (C=O) groups excluding carboxylic acids is 1. The maximum atomic E-state index is 11.9. The van der Waals surface area contributed by atoms with Crippen molar-refractivity contribution in [3.05, 3.63) is 51.5 Å². The SMILES string of the molecule is CCc1nc(CCNC(=O)CCc2ccccc2C(=O)O)cs1. The quantitative estimate of drug-likeness (QED) is 0.779. The van der Waals surface area contributed by atoms with Gasteiger partial charge in [0.2, 0.25) is 5.91 Å². The van der Waals surface area contributed by atoms with Crippen LogP contribution in [0.4, 0.5) is 0 Å². The summed E-state index contributed by atoms with van der Waals surface area (Å²) in [6, 6.07) is 6.78. The van der Waals surface area contributed by atoms with Gasteiger partial charge in [-0.05, 0) is 24.5 Å². The van der Waals surface area contributed by atoms with Crippen LogP contribution in [0.1, 0.15) is 40.0 Å². The highest BCUT2D eigenvalue weighted by molar-refractivity contribution is 7.09. The predicted octanol–water partition coefficient (Wildman–Crippen LogP) is 2.70. The van der Waals surface area contributed by atoms with Crippen LogP contribution in [-0.2, 0) is 24.1 Å². The first-order valence-electron chi connectivity index (χ1n) is 7.61. The molecule has 0 aliphatic rings. The Hall–Kier alpha value is -2.21. The van der Waals surface area contributed by atoms with E-state index in [2.05, 4.69) is 17.2 Å². The predicted molar refractivity (Wildman–Crippen MR) is 89.9 cm³/mol. The molecule has 2 rings (SSSR count). The summed E-state index contributed by atoms with van der Waals surface area (Å²) in [6.45, 7) is 2.62. The number of nitrogens with one attached hydrogen (secondary N) is 1. The third-order valence-electron chi connectivity index (χ3n) is 3.47. The molecule has 1 aromatic carbocycles. The number of aromatic carboxylic acids is 1. The van der Waals surface area contributed by atoms with Crippen LogP contribution in [0.2, 0.25) is 0 Å². The lowest BCUT2D eigenvalue weighted by molar-refractivity contribution is -0.121. The smallest absolute Gasteiger partial charge is 0.335 e. The molecular weight excluding hydrogens is 312 g/mol. The number of aryl methyl sites for hydroxylation is 2. The summed E-state index contributed by atoms with van der Waals surface area (Å²) in [7, 11) is 0. The molecule has 1 aromatic heterocycles. The van der Waals surface area contributed by atoms with Crippen molar-refractivity contribution in [1.82, 2.24) is 10.3 Å².